The fourth-order valence-electron chi connectivity index (χ4n) is 5.44. The van der Waals surface area contributed by atoms with Crippen LogP contribution in [0, 0.1) is 23.3 Å². The van der Waals surface area contributed by atoms with Crippen molar-refractivity contribution in [1.82, 2.24) is 0 Å². The first kappa shape index (κ1) is 29.1. The van der Waals surface area contributed by atoms with Crippen LogP contribution in [0.5, 0.6) is 0 Å². The van der Waals surface area contributed by atoms with Gasteiger partial charge in [-0.25, -0.2) is 17.6 Å². The van der Waals surface area contributed by atoms with Crippen molar-refractivity contribution >= 4 is 0 Å². The van der Waals surface area contributed by atoms with E-state index in [1.807, 2.05) is 6.08 Å². The molecule has 2 atom stereocenters. The fraction of sp³-hybridized carbons (Fsp3) is 0.412. The third-order valence-electron chi connectivity index (χ3n) is 7.83. The van der Waals surface area contributed by atoms with Gasteiger partial charge in [-0.2, -0.15) is 0 Å². The van der Waals surface area contributed by atoms with Crippen LogP contribution in [0.4, 0.5) is 17.6 Å². The Kier molecular flexibility index (Phi) is 10.4. The van der Waals surface area contributed by atoms with Crippen LogP contribution in [0.15, 0.2) is 61.2 Å². The molecule has 0 radical (unpaired) electrons. The van der Waals surface area contributed by atoms with Gasteiger partial charge in [0.2, 0.25) is 0 Å². The zero-order valence-corrected chi connectivity index (χ0v) is 22.8. The number of ether oxygens (including phenoxy) is 1. The average Bonchev–Trinajstić information content (AvgIpc) is 2.96. The van der Waals surface area contributed by atoms with Crippen molar-refractivity contribution < 1.29 is 22.3 Å². The van der Waals surface area contributed by atoms with Gasteiger partial charge in [0.1, 0.15) is 0 Å². The summed E-state index contributed by atoms with van der Waals surface area (Å²) in [6, 6.07) is 12.9. The summed E-state index contributed by atoms with van der Waals surface area (Å²) in [5.74, 6) is -3.64. The topological polar surface area (TPSA) is 9.23 Å². The second-order valence-electron chi connectivity index (χ2n) is 10.6. The first-order chi connectivity index (χ1) is 18.9. The molecule has 1 fully saturated rings. The summed E-state index contributed by atoms with van der Waals surface area (Å²) in [6.07, 6.45) is 11.0. The number of unbranched alkanes of at least 4 members (excludes halogenated alkanes) is 4. The Balaban J connectivity index is 1.45. The number of benzene rings is 3. The largest absolute Gasteiger partial charge is 0.378 e. The SMILES string of the molecule is C=CCCC1CCC(c2ccc(-c3ccc(-c4ccc(CCCCCCC)c(F)c4F)cc3)c(F)c2F)CO1. The molecule has 0 aromatic heterocycles. The number of aryl methyl sites for hydroxylation is 1. The lowest BCUT2D eigenvalue weighted by molar-refractivity contribution is -0.000881. The number of halogens is 4. The molecule has 4 rings (SSSR count). The van der Waals surface area contributed by atoms with E-state index in [1.54, 1.807) is 48.5 Å². The van der Waals surface area contributed by atoms with Gasteiger partial charge < -0.3 is 4.74 Å². The van der Waals surface area contributed by atoms with Crippen molar-refractivity contribution in [1.29, 1.82) is 0 Å². The minimum atomic E-state index is -0.908. The molecule has 3 aromatic carbocycles. The van der Waals surface area contributed by atoms with Crippen molar-refractivity contribution in [2.24, 2.45) is 0 Å². The van der Waals surface area contributed by atoms with Crippen LogP contribution in [-0.2, 0) is 11.2 Å². The Morgan fingerprint density at radius 2 is 1.41 bits per heavy atom. The second-order valence-corrected chi connectivity index (χ2v) is 10.6. The van der Waals surface area contributed by atoms with Crippen LogP contribution in [0.1, 0.15) is 81.8 Å². The third-order valence-corrected chi connectivity index (χ3v) is 7.83. The summed E-state index contributed by atoms with van der Waals surface area (Å²) in [5.41, 5.74) is 1.95. The van der Waals surface area contributed by atoms with Gasteiger partial charge in [-0.15, -0.1) is 6.58 Å². The molecule has 1 aliphatic heterocycles. The van der Waals surface area contributed by atoms with Crippen LogP contribution >= 0.6 is 0 Å². The molecular formula is C34H38F4O. The minimum absolute atomic E-state index is 0.133. The maximum absolute atomic E-state index is 15.2. The van der Waals surface area contributed by atoms with E-state index >= 15 is 8.78 Å². The van der Waals surface area contributed by atoms with E-state index < -0.39 is 23.3 Å². The molecule has 1 heterocycles. The number of hydrogen-bond donors (Lipinski definition) is 0. The van der Waals surface area contributed by atoms with E-state index in [4.69, 9.17) is 4.74 Å². The zero-order valence-electron chi connectivity index (χ0n) is 22.8. The predicted molar refractivity (Wildman–Crippen MR) is 151 cm³/mol. The molecule has 5 heteroatoms. The molecule has 39 heavy (non-hydrogen) atoms. The van der Waals surface area contributed by atoms with Gasteiger partial charge in [0.15, 0.2) is 23.3 Å². The lowest BCUT2D eigenvalue weighted by Crippen LogP contribution is -2.25. The molecule has 0 amide bonds. The van der Waals surface area contributed by atoms with Crippen molar-refractivity contribution in [2.45, 2.75) is 83.2 Å². The van der Waals surface area contributed by atoms with Crippen LogP contribution in [0.25, 0.3) is 22.3 Å². The van der Waals surface area contributed by atoms with Crippen molar-refractivity contribution in [3.8, 4) is 22.3 Å². The number of hydrogen-bond acceptors (Lipinski definition) is 1. The summed E-state index contributed by atoms with van der Waals surface area (Å²) in [7, 11) is 0. The quantitative estimate of drug-likeness (QED) is 0.127. The highest BCUT2D eigenvalue weighted by molar-refractivity contribution is 5.71. The standard InChI is InChI=1S/C34H38F4O/c1-3-5-7-8-9-10-25-17-19-28(32(36)31(25)35)23-12-14-24(15-13-23)29-20-21-30(34(38)33(29)37)26-16-18-27(39-22-26)11-6-4-2/h4,12-15,17,19-21,26-27H,2-3,5-11,16,18,22H2,1H3. The first-order valence-corrected chi connectivity index (χ1v) is 14.2. The van der Waals surface area contributed by atoms with Gasteiger partial charge >= 0.3 is 0 Å². The van der Waals surface area contributed by atoms with E-state index in [1.165, 1.54) is 0 Å². The summed E-state index contributed by atoms with van der Waals surface area (Å²) in [6.45, 7) is 6.24. The van der Waals surface area contributed by atoms with Crippen molar-refractivity contribution in [3.63, 3.8) is 0 Å². The monoisotopic (exact) mass is 538 g/mol. The number of allylic oxidation sites excluding steroid dienone is 1. The van der Waals surface area contributed by atoms with Gasteiger partial charge in [0.25, 0.3) is 0 Å². The van der Waals surface area contributed by atoms with Crippen LogP contribution in [0.2, 0.25) is 0 Å². The second kappa shape index (κ2) is 13.9. The lowest BCUT2D eigenvalue weighted by atomic mass is 9.88. The minimum Gasteiger partial charge on any atom is -0.378 e. The molecule has 1 aliphatic rings. The molecule has 0 spiro atoms. The highest BCUT2D eigenvalue weighted by atomic mass is 19.2. The van der Waals surface area contributed by atoms with Gasteiger partial charge in [-0.3, -0.25) is 0 Å². The highest BCUT2D eigenvalue weighted by Gasteiger charge is 2.27. The van der Waals surface area contributed by atoms with Gasteiger partial charge in [0, 0.05) is 17.0 Å². The Hall–Kier alpha value is -2.92. The Morgan fingerprint density at radius 1 is 0.769 bits per heavy atom. The molecule has 1 saturated heterocycles. The highest BCUT2D eigenvalue weighted by Crippen LogP contribution is 2.36. The molecule has 0 aliphatic carbocycles. The molecule has 0 bridgehead atoms. The predicted octanol–water partition coefficient (Wildman–Crippen LogP) is 10.3. The molecular weight excluding hydrogens is 500 g/mol. The summed E-state index contributed by atoms with van der Waals surface area (Å²) in [4.78, 5) is 0. The van der Waals surface area contributed by atoms with E-state index in [0.717, 1.165) is 57.8 Å². The average molecular weight is 539 g/mol. The third kappa shape index (κ3) is 7.00. The van der Waals surface area contributed by atoms with Crippen LogP contribution in [0.3, 0.4) is 0 Å². The molecule has 2 unspecified atom stereocenters. The molecule has 0 N–H and O–H groups in total. The first-order valence-electron chi connectivity index (χ1n) is 14.2. The van der Waals surface area contributed by atoms with Gasteiger partial charge in [-0.1, -0.05) is 87.2 Å². The molecule has 208 valence electrons. The van der Waals surface area contributed by atoms with Crippen LogP contribution < -0.4 is 0 Å². The summed E-state index contributed by atoms with van der Waals surface area (Å²) < 4.78 is 65.8. The van der Waals surface area contributed by atoms with Crippen molar-refractivity contribution in [2.75, 3.05) is 6.61 Å². The normalized spacial score (nSPS) is 17.4. The maximum Gasteiger partial charge on any atom is 0.166 e. The zero-order chi connectivity index (χ0) is 27.8. The smallest absolute Gasteiger partial charge is 0.166 e. The van der Waals surface area contributed by atoms with E-state index in [2.05, 4.69) is 13.5 Å². The van der Waals surface area contributed by atoms with E-state index in [-0.39, 0.29) is 23.1 Å². The van der Waals surface area contributed by atoms with Gasteiger partial charge in [-0.05, 0) is 60.8 Å². The lowest BCUT2D eigenvalue weighted by Gasteiger charge is -2.29. The fourth-order valence-corrected chi connectivity index (χ4v) is 5.44. The van der Waals surface area contributed by atoms with Gasteiger partial charge in [0.05, 0.1) is 12.7 Å². The summed E-state index contributed by atoms with van der Waals surface area (Å²) >= 11 is 0. The van der Waals surface area contributed by atoms with Crippen LogP contribution in [-0.4, -0.2) is 12.7 Å². The molecule has 1 nitrogen and oxygen atoms in total. The Bertz CT molecular complexity index is 1240. The van der Waals surface area contributed by atoms with Crippen molar-refractivity contribution in [3.05, 3.63) is 95.6 Å². The summed E-state index contributed by atoms with van der Waals surface area (Å²) in [5, 5.41) is 0. The maximum atomic E-state index is 15.2. The van der Waals surface area contributed by atoms with E-state index in [9.17, 15) is 8.78 Å². The Labute approximate surface area is 229 Å². The number of rotatable bonds is 12. The molecule has 3 aromatic rings. The molecule has 0 saturated carbocycles. The van der Waals surface area contributed by atoms with E-state index in [0.29, 0.717) is 35.3 Å². The Morgan fingerprint density at radius 3 is 2.03 bits per heavy atom.